The fourth-order valence-corrected chi connectivity index (χ4v) is 4.11. The van der Waals surface area contributed by atoms with E-state index in [1.807, 2.05) is 0 Å². The Morgan fingerprint density at radius 3 is 2.92 bits per heavy atom. The first-order chi connectivity index (χ1) is 12.5. The van der Waals surface area contributed by atoms with Crippen molar-refractivity contribution in [3.8, 4) is 17.2 Å². The highest BCUT2D eigenvalue weighted by Crippen LogP contribution is 2.33. The fraction of sp³-hybridized carbons (Fsp3) is 0.412. The lowest BCUT2D eigenvalue weighted by molar-refractivity contribution is 0.0861. The molecule has 1 aliphatic heterocycles. The number of hydrogen-bond donors (Lipinski definition) is 2. The van der Waals surface area contributed by atoms with Gasteiger partial charge in [-0.2, -0.15) is 0 Å². The van der Waals surface area contributed by atoms with Gasteiger partial charge >= 0.3 is 0 Å². The minimum atomic E-state index is -0.255. The molecule has 1 aromatic heterocycles. The minimum Gasteiger partial charge on any atom is -0.497 e. The lowest BCUT2D eigenvalue weighted by Gasteiger charge is -2.13. The Bertz CT molecular complexity index is 856. The number of methoxy groups -OCH3 is 2. The Morgan fingerprint density at radius 2 is 2.27 bits per heavy atom. The summed E-state index contributed by atoms with van der Waals surface area (Å²) in [6, 6.07) is 5.32. The maximum atomic E-state index is 12.5. The third-order valence-electron chi connectivity index (χ3n) is 4.19. The highest BCUT2D eigenvalue weighted by atomic mass is 32.1. The number of aromatic nitrogens is 1. The average molecular weight is 396 g/mol. The number of rotatable bonds is 6. The maximum Gasteiger partial charge on any atom is 0.265 e. The molecule has 0 aliphatic carbocycles. The van der Waals surface area contributed by atoms with E-state index in [9.17, 15) is 4.79 Å². The number of nitrogens with two attached hydrogens (primary N) is 1. The van der Waals surface area contributed by atoms with Gasteiger partial charge < -0.3 is 25.3 Å². The van der Waals surface area contributed by atoms with Crippen LogP contribution in [0.3, 0.4) is 0 Å². The summed E-state index contributed by atoms with van der Waals surface area (Å²) in [5, 5.41) is 2.88. The summed E-state index contributed by atoms with van der Waals surface area (Å²) in [4.78, 5) is 12.9. The summed E-state index contributed by atoms with van der Waals surface area (Å²) < 4.78 is 18.3. The Labute approximate surface area is 160 Å². The summed E-state index contributed by atoms with van der Waals surface area (Å²) in [6.45, 7) is 1.21. The van der Waals surface area contributed by atoms with Crippen LogP contribution in [-0.2, 0) is 4.74 Å². The van der Waals surface area contributed by atoms with Crippen LogP contribution in [0, 0.1) is 3.95 Å². The maximum absolute atomic E-state index is 12.5. The van der Waals surface area contributed by atoms with Gasteiger partial charge in [-0.05, 0) is 37.2 Å². The van der Waals surface area contributed by atoms with Gasteiger partial charge in [0.25, 0.3) is 5.91 Å². The monoisotopic (exact) mass is 395 g/mol. The summed E-state index contributed by atoms with van der Waals surface area (Å²) in [7, 11) is 3.14. The molecule has 0 unspecified atom stereocenters. The van der Waals surface area contributed by atoms with Gasteiger partial charge in [0.2, 0.25) is 0 Å². The van der Waals surface area contributed by atoms with Crippen molar-refractivity contribution in [3.63, 3.8) is 0 Å². The Hall–Kier alpha value is -2.10. The van der Waals surface area contributed by atoms with E-state index in [4.69, 9.17) is 32.2 Å². The van der Waals surface area contributed by atoms with Crippen LogP contribution in [0.4, 0.5) is 5.82 Å². The van der Waals surface area contributed by atoms with Crippen LogP contribution in [-0.4, -0.2) is 43.9 Å². The van der Waals surface area contributed by atoms with Gasteiger partial charge in [-0.25, -0.2) is 0 Å². The van der Waals surface area contributed by atoms with Crippen LogP contribution in [0.25, 0.3) is 5.69 Å². The third kappa shape index (κ3) is 3.69. The molecule has 0 radical (unpaired) electrons. The minimum absolute atomic E-state index is 0.0636. The molecule has 0 bridgehead atoms. The largest absolute Gasteiger partial charge is 0.497 e. The molecular formula is C17H21N3O4S2. The number of benzene rings is 1. The fourth-order valence-electron chi connectivity index (χ4n) is 2.84. The number of thiazole rings is 1. The number of amides is 1. The predicted molar refractivity (Wildman–Crippen MR) is 103 cm³/mol. The van der Waals surface area contributed by atoms with Crippen molar-refractivity contribution in [1.82, 2.24) is 9.88 Å². The van der Waals surface area contributed by atoms with Gasteiger partial charge in [-0.15, -0.1) is 0 Å². The molecule has 1 aliphatic rings. The van der Waals surface area contributed by atoms with Crippen LogP contribution in [0.15, 0.2) is 18.2 Å². The number of anilines is 1. The van der Waals surface area contributed by atoms with E-state index in [1.54, 1.807) is 37.0 Å². The lowest BCUT2D eigenvalue weighted by Crippen LogP contribution is -2.31. The van der Waals surface area contributed by atoms with Crippen molar-refractivity contribution in [2.24, 2.45) is 0 Å². The van der Waals surface area contributed by atoms with E-state index in [0.29, 0.717) is 32.6 Å². The molecule has 1 aromatic carbocycles. The van der Waals surface area contributed by atoms with Crippen LogP contribution in [0.2, 0.25) is 0 Å². The number of ether oxygens (including phenoxy) is 3. The second kappa shape index (κ2) is 8.07. The molecule has 26 heavy (non-hydrogen) atoms. The summed E-state index contributed by atoms with van der Waals surface area (Å²) in [5.74, 6) is 1.24. The summed E-state index contributed by atoms with van der Waals surface area (Å²) >= 11 is 6.60. The Morgan fingerprint density at radius 1 is 1.46 bits per heavy atom. The van der Waals surface area contributed by atoms with E-state index in [2.05, 4.69) is 5.32 Å². The van der Waals surface area contributed by atoms with E-state index < -0.39 is 0 Å². The molecule has 2 aromatic rings. The quantitative estimate of drug-likeness (QED) is 0.732. The van der Waals surface area contributed by atoms with Crippen molar-refractivity contribution >= 4 is 35.3 Å². The normalized spacial score (nSPS) is 16.5. The molecule has 3 N–H and O–H groups in total. The first kappa shape index (κ1) is 18.7. The molecule has 140 valence electrons. The van der Waals surface area contributed by atoms with Crippen LogP contribution < -0.4 is 20.5 Å². The van der Waals surface area contributed by atoms with E-state index in [0.717, 1.165) is 30.8 Å². The molecule has 7 nitrogen and oxygen atoms in total. The predicted octanol–water partition coefficient (Wildman–Crippen LogP) is 2.78. The molecule has 9 heteroatoms. The highest BCUT2D eigenvalue weighted by Gasteiger charge is 2.22. The zero-order valence-corrected chi connectivity index (χ0v) is 16.2. The van der Waals surface area contributed by atoms with E-state index in [-0.39, 0.29) is 17.8 Å². The molecule has 2 heterocycles. The van der Waals surface area contributed by atoms with Crippen molar-refractivity contribution < 1.29 is 19.0 Å². The van der Waals surface area contributed by atoms with Crippen LogP contribution >= 0.6 is 23.6 Å². The zero-order chi connectivity index (χ0) is 18.7. The number of hydrogen-bond acceptors (Lipinski definition) is 7. The van der Waals surface area contributed by atoms with Gasteiger partial charge in [0, 0.05) is 19.2 Å². The smallest absolute Gasteiger partial charge is 0.265 e. The first-order valence-corrected chi connectivity index (χ1v) is 9.41. The van der Waals surface area contributed by atoms with Gasteiger partial charge in [-0.1, -0.05) is 11.3 Å². The second-order valence-corrected chi connectivity index (χ2v) is 7.44. The van der Waals surface area contributed by atoms with Crippen LogP contribution in [0.5, 0.6) is 11.5 Å². The van der Waals surface area contributed by atoms with Crippen molar-refractivity contribution in [2.45, 2.75) is 18.9 Å². The van der Waals surface area contributed by atoms with E-state index >= 15 is 0 Å². The van der Waals surface area contributed by atoms with E-state index in [1.165, 1.54) is 0 Å². The van der Waals surface area contributed by atoms with Crippen LogP contribution in [0.1, 0.15) is 22.5 Å². The molecule has 3 rings (SSSR count). The van der Waals surface area contributed by atoms with Gasteiger partial charge in [-0.3, -0.25) is 9.36 Å². The molecular weight excluding hydrogens is 374 g/mol. The Balaban J connectivity index is 1.90. The standard InChI is InChI=1S/C17H21N3O4S2/c1-22-10-5-6-13(23-2)12(8-10)20-15(18)14(26-17(20)25)16(21)19-9-11-4-3-7-24-11/h5-6,8,11H,3-4,7,9,18H2,1-2H3,(H,19,21)/t11-/m0/s1. The zero-order valence-electron chi connectivity index (χ0n) is 14.6. The second-order valence-electron chi connectivity index (χ2n) is 5.80. The third-order valence-corrected chi connectivity index (χ3v) is 5.58. The molecule has 0 spiro atoms. The number of carbonyl (C=O) groups is 1. The number of nitrogens with one attached hydrogen (secondary N) is 1. The summed E-state index contributed by atoms with van der Waals surface area (Å²) in [5.41, 5.74) is 6.88. The lowest BCUT2D eigenvalue weighted by atomic mass is 10.2. The number of carbonyl (C=O) groups excluding carboxylic acids is 1. The molecule has 0 saturated carbocycles. The van der Waals surface area contributed by atoms with Gasteiger partial charge in [0.15, 0.2) is 3.95 Å². The SMILES string of the molecule is COc1ccc(OC)c(-n2c(N)c(C(=O)NC[C@@H]3CCCO3)sc2=S)c1. The Kier molecular flexibility index (Phi) is 5.80. The number of nitrogen functional groups attached to an aromatic ring is 1. The molecule has 1 atom stereocenters. The molecule has 1 amide bonds. The average Bonchev–Trinajstić information content (AvgIpc) is 3.27. The number of nitrogens with zero attached hydrogens (tertiary/aromatic N) is 1. The molecule has 1 saturated heterocycles. The highest BCUT2D eigenvalue weighted by molar-refractivity contribution is 7.73. The van der Waals surface area contributed by atoms with Gasteiger partial charge in [0.1, 0.15) is 22.2 Å². The molecule has 1 fully saturated rings. The first-order valence-electron chi connectivity index (χ1n) is 8.18. The van der Waals surface area contributed by atoms with Crippen molar-refractivity contribution in [1.29, 1.82) is 0 Å². The topological polar surface area (TPSA) is 87.7 Å². The summed E-state index contributed by atoms with van der Waals surface area (Å²) in [6.07, 6.45) is 2.04. The van der Waals surface area contributed by atoms with Crippen molar-refractivity contribution in [2.75, 3.05) is 33.1 Å². The van der Waals surface area contributed by atoms with Gasteiger partial charge in [0.05, 0.1) is 26.0 Å². The van der Waals surface area contributed by atoms with Crippen molar-refractivity contribution in [3.05, 3.63) is 27.0 Å².